The third-order valence-corrected chi connectivity index (χ3v) is 7.67. The molecule has 172 valence electrons. The van der Waals surface area contributed by atoms with Gasteiger partial charge < -0.3 is 10.1 Å². The van der Waals surface area contributed by atoms with Crippen molar-refractivity contribution in [3.8, 4) is 11.1 Å². The third-order valence-electron chi connectivity index (χ3n) is 6.17. The topological polar surface area (TPSA) is 99.3 Å². The molecule has 1 heterocycles. The Morgan fingerprint density at radius 1 is 1.06 bits per heavy atom. The van der Waals surface area contributed by atoms with Crippen molar-refractivity contribution in [2.45, 2.75) is 51.0 Å². The van der Waals surface area contributed by atoms with Crippen molar-refractivity contribution < 1.29 is 18.3 Å². The van der Waals surface area contributed by atoms with Crippen LogP contribution in [0.3, 0.4) is 0 Å². The number of rotatable bonds is 7. The first-order valence-electron chi connectivity index (χ1n) is 10.9. The average Bonchev–Trinajstić information content (AvgIpc) is 3.25. The lowest BCUT2D eigenvalue weighted by Gasteiger charge is -2.15. The van der Waals surface area contributed by atoms with E-state index in [-0.39, 0.29) is 11.3 Å². The number of hydrogen-bond acceptors (Lipinski definition) is 3. The lowest BCUT2D eigenvalue weighted by atomic mass is 10.0. The molecule has 0 saturated carbocycles. The van der Waals surface area contributed by atoms with E-state index in [1.165, 1.54) is 0 Å². The molecule has 33 heavy (non-hydrogen) atoms. The number of nitrogens with one attached hydrogen (secondary N) is 2. The van der Waals surface area contributed by atoms with Gasteiger partial charge >= 0.3 is 5.97 Å². The Hall–Kier alpha value is -3.16. The van der Waals surface area contributed by atoms with E-state index in [4.69, 9.17) is 0 Å². The summed E-state index contributed by atoms with van der Waals surface area (Å²) >= 11 is 0. The molecule has 0 spiro atoms. The monoisotopic (exact) mass is 464 g/mol. The summed E-state index contributed by atoms with van der Waals surface area (Å²) in [5.41, 5.74) is 5.90. The van der Waals surface area contributed by atoms with Crippen LogP contribution in [0, 0.1) is 13.8 Å². The van der Waals surface area contributed by atoms with E-state index in [0.29, 0.717) is 11.5 Å². The Labute approximate surface area is 194 Å². The van der Waals surface area contributed by atoms with Crippen molar-refractivity contribution >= 4 is 26.9 Å². The Bertz CT molecular complexity index is 1420. The van der Waals surface area contributed by atoms with Crippen molar-refractivity contribution in [1.82, 2.24) is 9.71 Å². The van der Waals surface area contributed by atoms with Gasteiger partial charge in [0.25, 0.3) is 0 Å². The number of carbonyl (C=O) groups is 1. The Kier molecular flexibility index (Phi) is 6.03. The summed E-state index contributed by atoms with van der Waals surface area (Å²) in [6.07, 6.45) is 1.76. The lowest BCUT2D eigenvalue weighted by Crippen LogP contribution is -2.42. The summed E-state index contributed by atoms with van der Waals surface area (Å²) in [6, 6.07) is 13.8. The van der Waals surface area contributed by atoms with E-state index >= 15 is 0 Å². The van der Waals surface area contributed by atoms with Gasteiger partial charge in [0.05, 0.1) is 4.90 Å². The molecule has 2 aromatic rings. The van der Waals surface area contributed by atoms with Gasteiger partial charge in [-0.05, 0) is 59.7 Å². The normalized spacial score (nSPS) is 13.1. The first-order valence-corrected chi connectivity index (χ1v) is 12.4. The van der Waals surface area contributed by atoms with E-state index in [1.807, 2.05) is 56.3 Å². The van der Waals surface area contributed by atoms with Crippen molar-refractivity contribution in [1.29, 1.82) is 0 Å². The first-order chi connectivity index (χ1) is 15.6. The molecule has 0 amide bonds. The largest absolute Gasteiger partial charge is 0.480 e. The molecule has 6 nitrogen and oxygen atoms in total. The van der Waals surface area contributed by atoms with Crippen LogP contribution in [-0.2, 0) is 21.2 Å². The molecule has 0 radical (unpaired) electrons. The molecule has 0 fully saturated rings. The summed E-state index contributed by atoms with van der Waals surface area (Å²) in [5, 5.41) is 10.7. The quantitative estimate of drug-likeness (QED) is 0.359. The highest BCUT2D eigenvalue weighted by Gasteiger charge is 2.31. The number of aromatic amines is 1. The fraction of sp³-hybridized carbons (Fsp3) is 0.269. The van der Waals surface area contributed by atoms with E-state index in [2.05, 4.69) is 23.6 Å². The number of para-hydroxylation sites is 1. The Morgan fingerprint density at radius 3 is 2.48 bits per heavy atom. The second-order valence-electron chi connectivity index (χ2n) is 8.87. The standard InChI is InChI=1S/C26H28N2O4S/c1-15(2)18-10-9-16(3)25-21(12-18)17(4)11-24(25)33(31,32)28-23(26(29)30)13-19-14-27-22-8-6-5-7-20(19)22/h5-12,14-15,23,27-28H,13H2,1-4H3,(H,29,30). The maximum absolute atomic E-state index is 13.5. The smallest absolute Gasteiger partial charge is 0.322 e. The van der Waals surface area contributed by atoms with Gasteiger partial charge in [-0.15, -0.1) is 0 Å². The molecule has 0 bridgehead atoms. The number of hydrogen-bond donors (Lipinski definition) is 3. The van der Waals surface area contributed by atoms with E-state index < -0.39 is 22.0 Å². The minimum atomic E-state index is -4.09. The highest BCUT2D eigenvalue weighted by molar-refractivity contribution is 7.89. The Balaban J connectivity index is 1.72. The third kappa shape index (κ3) is 4.38. The van der Waals surface area contributed by atoms with Crippen LogP contribution in [0.2, 0.25) is 0 Å². The summed E-state index contributed by atoms with van der Waals surface area (Å²) in [5.74, 6) is -0.930. The predicted octanol–water partition coefficient (Wildman–Crippen LogP) is 4.99. The van der Waals surface area contributed by atoms with Gasteiger partial charge in [0, 0.05) is 29.1 Å². The highest BCUT2D eigenvalue weighted by Crippen LogP contribution is 2.38. The van der Waals surface area contributed by atoms with Crippen molar-refractivity contribution in [2.24, 2.45) is 0 Å². The zero-order valence-electron chi connectivity index (χ0n) is 19.1. The SMILES string of the molecule is Cc1cc(S(=O)(=O)NC(Cc2c[nH]c3ccccc23)C(=O)O)c2c(C)ccc(C(C)C)cc1-2. The van der Waals surface area contributed by atoms with Gasteiger partial charge in [-0.1, -0.05) is 50.2 Å². The van der Waals surface area contributed by atoms with Crippen LogP contribution in [0.5, 0.6) is 0 Å². The van der Waals surface area contributed by atoms with Crippen molar-refractivity contribution in [3.05, 3.63) is 77.0 Å². The van der Waals surface area contributed by atoms with Gasteiger partial charge in [-0.3, -0.25) is 4.79 Å². The number of aryl methyl sites for hydroxylation is 2. The Morgan fingerprint density at radius 2 is 1.79 bits per heavy atom. The molecule has 1 aromatic carbocycles. The van der Waals surface area contributed by atoms with Gasteiger partial charge in [0.15, 0.2) is 0 Å². The van der Waals surface area contributed by atoms with Crippen LogP contribution in [0.4, 0.5) is 0 Å². The molecule has 3 N–H and O–H groups in total. The van der Waals surface area contributed by atoms with Gasteiger partial charge in [-0.25, -0.2) is 8.42 Å². The summed E-state index contributed by atoms with van der Waals surface area (Å²) in [6.45, 7) is 7.95. The second kappa shape index (κ2) is 8.65. The number of sulfonamides is 1. The van der Waals surface area contributed by atoms with Gasteiger partial charge in [0.1, 0.15) is 6.04 Å². The number of carboxylic acids is 1. The number of fused-ring (bicyclic) bond motifs is 2. The molecule has 4 rings (SSSR count). The van der Waals surface area contributed by atoms with E-state index in [0.717, 1.165) is 38.7 Å². The summed E-state index contributed by atoms with van der Waals surface area (Å²) < 4.78 is 29.4. The van der Waals surface area contributed by atoms with Crippen LogP contribution in [0.15, 0.2) is 59.6 Å². The number of aliphatic carboxylic acids is 1. The molecule has 7 heteroatoms. The second-order valence-corrected chi connectivity index (χ2v) is 10.6. The zero-order chi connectivity index (χ0) is 23.9. The first kappa shape index (κ1) is 23.0. The van der Waals surface area contributed by atoms with Crippen LogP contribution < -0.4 is 4.72 Å². The van der Waals surface area contributed by atoms with Crippen molar-refractivity contribution in [3.63, 3.8) is 0 Å². The molecule has 2 aliphatic rings. The number of benzene rings is 1. The van der Waals surface area contributed by atoms with E-state index in [9.17, 15) is 18.3 Å². The van der Waals surface area contributed by atoms with Crippen LogP contribution in [-0.4, -0.2) is 30.5 Å². The molecule has 1 unspecified atom stereocenters. The van der Waals surface area contributed by atoms with Crippen molar-refractivity contribution in [2.75, 3.05) is 0 Å². The number of aromatic nitrogens is 1. The van der Waals surface area contributed by atoms with Gasteiger partial charge in [0.2, 0.25) is 10.0 Å². The summed E-state index contributed by atoms with van der Waals surface area (Å²) in [4.78, 5) is 15.3. The maximum Gasteiger partial charge on any atom is 0.322 e. The molecule has 1 aromatic heterocycles. The molecule has 0 aliphatic heterocycles. The van der Waals surface area contributed by atoms with Crippen LogP contribution >= 0.6 is 0 Å². The predicted molar refractivity (Wildman–Crippen MR) is 130 cm³/mol. The lowest BCUT2D eigenvalue weighted by molar-refractivity contribution is -0.138. The van der Waals surface area contributed by atoms with E-state index in [1.54, 1.807) is 12.3 Å². The molecular weight excluding hydrogens is 436 g/mol. The molecule has 1 atom stereocenters. The highest BCUT2D eigenvalue weighted by atomic mass is 32.2. The van der Waals surface area contributed by atoms with Gasteiger partial charge in [-0.2, -0.15) is 4.72 Å². The fourth-order valence-corrected chi connectivity index (χ4v) is 5.87. The molecule has 2 aliphatic carbocycles. The maximum atomic E-state index is 13.5. The summed E-state index contributed by atoms with van der Waals surface area (Å²) in [7, 11) is -4.09. The minimum absolute atomic E-state index is 0.0282. The minimum Gasteiger partial charge on any atom is -0.480 e. The fourth-order valence-electron chi connectivity index (χ4n) is 4.31. The average molecular weight is 465 g/mol. The van der Waals surface area contributed by atoms with Crippen LogP contribution in [0.1, 0.15) is 42.0 Å². The number of carboxylic acid groups (broad SMARTS) is 1. The van der Waals surface area contributed by atoms with Crippen LogP contribution in [0.25, 0.3) is 22.0 Å². The molecular formula is C26H28N2O4S. The number of H-pyrrole nitrogens is 1. The molecule has 0 saturated heterocycles. The zero-order valence-corrected chi connectivity index (χ0v) is 20.0.